The Morgan fingerprint density at radius 2 is 0.557 bits per heavy atom. The van der Waals surface area contributed by atoms with E-state index < -0.39 is 8.07 Å². The maximum atomic E-state index is 2.59. The van der Waals surface area contributed by atoms with Crippen LogP contribution in [0.15, 0.2) is 328 Å². The standard InChI is InChI=1S/C92H72N4Si/c1-91(2)83-57-71(93(67-35-23-29-63(53-67)61-25-11-7-12-26-61)69-43-51-89-81(55-69)79-37-19-21-39-87(79)95(89)65-31-15-9-16-32-65)41-47-75(83)77-49-45-73(59-85(77)91)97(5,6)74-46-50-78-76-48-42-72(58-84(76)92(3,4)86(78)60-74)94(68-36-24-30-64(54-68)62-27-13-8-14-28-62)70-44-52-90-82(56-70)80-38-20-22-40-88(80)96(90)66-33-17-10-18-34-66/h7-60H,1-6H3. The SMILES string of the molecule is CC1(C)c2cc(N(c3cccc(-c4ccccc4)c3)c3ccc4c(c3)c3ccccc3n4-c3ccccc3)ccc2-c2ccc([Si](C)(C)c3ccc4c(c3)C(C)(C)c3cc(N(c5cccc(-c6ccccc6)c5)c5ccc6c(c5)c5ccccc5n6-c5ccccc5)ccc3-4)cc21. The van der Waals surface area contributed by atoms with Crippen molar-refractivity contribution in [2.24, 2.45) is 0 Å². The molecule has 0 saturated heterocycles. The molecular formula is C92H72N4Si. The van der Waals surface area contributed by atoms with E-state index in [0.717, 1.165) is 45.5 Å². The van der Waals surface area contributed by atoms with Crippen LogP contribution in [-0.4, -0.2) is 17.2 Å². The lowest BCUT2D eigenvalue weighted by Crippen LogP contribution is -2.53. The van der Waals surface area contributed by atoms with E-state index in [1.165, 1.54) is 121 Å². The Morgan fingerprint density at radius 3 is 0.969 bits per heavy atom. The number of anilines is 6. The number of hydrogen-bond acceptors (Lipinski definition) is 2. The highest BCUT2D eigenvalue weighted by Crippen LogP contribution is 2.54. The summed E-state index contributed by atoms with van der Waals surface area (Å²) in [6.07, 6.45) is 0. The molecule has 0 unspecified atom stereocenters. The van der Waals surface area contributed by atoms with Crippen LogP contribution in [0.1, 0.15) is 49.9 Å². The number of rotatable bonds is 12. The summed E-state index contributed by atoms with van der Waals surface area (Å²) in [6, 6.07) is 122. The molecule has 0 saturated carbocycles. The second kappa shape index (κ2) is 22.3. The van der Waals surface area contributed by atoms with Crippen molar-refractivity contribution in [3.63, 3.8) is 0 Å². The number of fused-ring (bicyclic) bond motifs is 12. The second-order valence-electron chi connectivity index (χ2n) is 28.1. The fraction of sp³-hybridized carbons (Fsp3) is 0.0870. The molecule has 16 aromatic rings. The van der Waals surface area contributed by atoms with Gasteiger partial charge in [-0.05, 0) is 188 Å². The Balaban J connectivity index is 0.697. The lowest BCUT2D eigenvalue weighted by Gasteiger charge is -2.30. The van der Waals surface area contributed by atoms with Gasteiger partial charge in [-0.15, -0.1) is 0 Å². The molecule has 0 aliphatic heterocycles. The molecule has 2 aromatic heterocycles. The average molecular weight is 1260 g/mol. The van der Waals surface area contributed by atoms with Crippen LogP contribution in [0.4, 0.5) is 34.1 Å². The quantitative estimate of drug-likeness (QED) is 0.113. The number of para-hydroxylation sites is 4. The zero-order valence-electron chi connectivity index (χ0n) is 55.5. The Labute approximate surface area is 568 Å². The number of benzene rings is 14. The lowest BCUT2D eigenvalue weighted by molar-refractivity contribution is 0.661. The average Bonchev–Trinajstić information content (AvgIpc) is 1.56. The number of aromatic nitrogens is 2. The molecule has 2 aliphatic carbocycles. The third kappa shape index (κ3) is 9.31. The largest absolute Gasteiger partial charge is 0.310 e. The summed E-state index contributed by atoms with van der Waals surface area (Å²) in [5, 5.41) is 7.80. The Hall–Kier alpha value is -11.5. The van der Waals surface area contributed by atoms with Gasteiger partial charge in [-0.3, -0.25) is 0 Å². The van der Waals surface area contributed by atoms with E-state index >= 15 is 0 Å². The van der Waals surface area contributed by atoms with Crippen LogP contribution < -0.4 is 20.2 Å². The van der Waals surface area contributed by atoms with Gasteiger partial charge in [0.15, 0.2) is 0 Å². The zero-order chi connectivity index (χ0) is 65.3. The molecule has 0 amide bonds. The third-order valence-electron chi connectivity index (χ3n) is 21.6. The van der Waals surface area contributed by atoms with Crippen molar-refractivity contribution < 1.29 is 0 Å². The van der Waals surface area contributed by atoms with Gasteiger partial charge < -0.3 is 18.9 Å². The predicted molar refractivity (Wildman–Crippen MR) is 414 cm³/mol. The molecule has 18 rings (SSSR count). The van der Waals surface area contributed by atoms with Gasteiger partial charge in [0.05, 0.1) is 22.1 Å². The van der Waals surface area contributed by atoms with Gasteiger partial charge in [-0.25, -0.2) is 0 Å². The maximum Gasteiger partial charge on any atom is 0.112 e. The van der Waals surface area contributed by atoms with Gasteiger partial charge in [-0.1, -0.05) is 257 Å². The van der Waals surface area contributed by atoms with E-state index in [1.54, 1.807) is 0 Å². The van der Waals surface area contributed by atoms with E-state index in [1.807, 2.05) is 0 Å². The first-order valence-corrected chi connectivity index (χ1v) is 37.1. The van der Waals surface area contributed by atoms with Gasteiger partial charge in [0.1, 0.15) is 8.07 Å². The maximum absolute atomic E-state index is 2.59. The van der Waals surface area contributed by atoms with Gasteiger partial charge >= 0.3 is 0 Å². The molecule has 4 nitrogen and oxygen atoms in total. The minimum absolute atomic E-state index is 0.269. The van der Waals surface area contributed by atoms with E-state index in [2.05, 4.69) is 387 Å². The van der Waals surface area contributed by atoms with E-state index in [9.17, 15) is 0 Å². The molecule has 5 heteroatoms. The topological polar surface area (TPSA) is 16.3 Å². The lowest BCUT2D eigenvalue weighted by atomic mass is 9.82. The highest BCUT2D eigenvalue weighted by molar-refractivity contribution is 7.00. The molecule has 0 atom stereocenters. The molecule has 0 fully saturated rings. The first-order valence-electron chi connectivity index (χ1n) is 34.1. The van der Waals surface area contributed by atoms with Crippen LogP contribution in [-0.2, 0) is 10.8 Å². The van der Waals surface area contributed by atoms with Crippen LogP contribution in [0.2, 0.25) is 13.1 Å². The van der Waals surface area contributed by atoms with Crippen molar-refractivity contribution in [1.29, 1.82) is 0 Å². The Bertz CT molecular complexity index is 5440. The van der Waals surface area contributed by atoms with Crippen molar-refractivity contribution in [1.82, 2.24) is 9.13 Å². The molecular weight excluding hydrogens is 1190 g/mol. The predicted octanol–water partition coefficient (Wildman–Crippen LogP) is 23.6. The summed E-state index contributed by atoms with van der Waals surface area (Å²) < 4.78 is 4.80. The molecule has 2 heterocycles. The summed E-state index contributed by atoms with van der Waals surface area (Å²) in [5.74, 6) is 0. The molecule has 2 aliphatic rings. The van der Waals surface area contributed by atoms with Gasteiger partial charge in [0.25, 0.3) is 0 Å². The van der Waals surface area contributed by atoms with Crippen molar-refractivity contribution in [2.45, 2.75) is 51.6 Å². The summed E-state index contributed by atoms with van der Waals surface area (Å²) in [6.45, 7) is 14.9. The van der Waals surface area contributed by atoms with Crippen molar-refractivity contribution in [2.75, 3.05) is 9.80 Å². The monoisotopic (exact) mass is 1260 g/mol. The zero-order valence-corrected chi connectivity index (χ0v) is 56.5. The minimum Gasteiger partial charge on any atom is -0.310 e. The number of hydrogen-bond donors (Lipinski definition) is 0. The van der Waals surface area contributed by atoms with E-state index in [0.29, 0.717) is 0 Å². The van der Waals surface area contributed by atoms with Crippen molar-refractivity contribution in [3.05, 3.63) is 350 Å². The van der Waals surface area contributed by atoms with E-state index in [4.69, 9.17) is 0 Å². The first-order chi connectivity index (χ1) is 47.4. The summed E-state index contributed by atoms with van der Waals surface area (Å²) >= 11 is 0. The molecule has 0 radical (unpaired) electrons. The Morgan fingerprint density at radius 1 is 0.247 bits per heavy atom. The van der Waals surface area contributed by atoms with Crippen LogP contribution in [0.25, 0.3) is 99.5 Å². The molecule has 0 spiro atoms. The van der Waals surface area contributed by atoms with Crippen LogP contribution in [0, 0.1) is 0 Å². The highest BCUT2D eigenvalue weighted by Gasteiger charge is 2.41. The smallest absolute Gasteiger partial charge is 0.112 e. The molecule has 0 N–H and O–H groups in total. The molecule has 464 valence electrons. The third-order valence-corrected chi connectivity index (χ3v) is 25.1. The summed E-state index contributed by atoms with van der Waals surface area (Å²) in [5.41, 5.74) is 28.8. The van der Waals surface area contributed by atoms with Crippen LogP contribution in [0.5, 0.6) is 0 Å². The van der Waals surface area contributed by atoms with Gasteiger partial charge in [0, 0.05) is 77.9 Å². The second-order valence-corrected chi connectivity index (χ2v) is 32.5. The van der Waals surface area contributed by atoms with Gasteiger partial charge in [0.2, 0.25) is 0 Å². The summed E-state index contributed by atoms with van der Waals surface area (Å²) in [4.78, 5) is 4.95. The first kappa shape index (κ1) is 58.1. The molecule has 97 heavy (non-hydrogen) atoms. The Kier molecular flexibility index (Phi) is 13.4. The van der Waals surface area contributed by atoms with Crippen LogP contribution >= 0.6 is 0 Å². The normalized spacial score (nSPS) is 13.4. The van der Waals surface area contributed by atoms with Crippen molar-refractivity contribution >= 4 is 96.2 Å². The summed E-state index contributed by atoms with van der Waals surface area (Å²) in [7, 11) is -2.32. The number of nitrogens with zero attached hydrogens (tertiary/aromatic N) is 4. The van der Waals surface area contributed by atoms with Crippen LogP contribution in [0.3, 0.4) is 0 Å². The molecule has 0 bridgehead atoms. The van der Waals surface area contributed by atoms with Gasteiger partial charge in [-0.2, -0.15) is 0 Å². The van der Waals surface area contributed by atoms with Crippen molar-refractivity contribution in [3.8, 4) is 55.9 Å². The minimum atomic E-state index is -2.32. The fourth-order valence-corrected chi connectivity index (χ4v) is 18.7. The highest BCUT2D eigenvalue weighted by atomic mass is 28.3. The fourth-order valence-electron chi connectivity index (χ4n) is 16.4. The van der Waals surface area contributed by atoms with E-state index in [-0.39, 0.29) is 10.8 Å². The molecule has 14 aromatic carbocycles.